The van der Waals surface area contributed by atoms with E-state index < -0.39 is 5.60 Å². The van der Waals surface area contributed by atoms with Crippen LogP contribution in [0.3, 0.4) is 0 Å². The summed E-state index contributed by atoms with van der Waals surface area (Å²) in [5.41, 5.74) is 2.46. The molecule has 4 nitrogen and oxygen atoms in total. The SMILES string of the molecule is Cc1nscc1C(=O)NCC1(O)CCc2ccccc21. The Balaban J connectivity index is 1.73. The van der Waals surface area contributed by atoms with Gasteiger partial charge in [-0.2, -0.15) is 4.37 Å². The number of carbonyl (C=O) groups is 1. The predicted molar refractivity (Wildman–Crippen MR) is 77.8 cm³/mol. The third-order valence-electron chi connectivity index (χ3n) is 3.86. The Labute approximate surface area is 121 Å². The first-order valence-electron chi connectivity index (χ1n) is 6.60. The van der Waals surface area contributed by atoms with Gasteiger partial charge in [-0.25, -0.2) is 0 Å². The van der Waals surface area contributed by atoms with Crippen LogP contribution in [-0.2, 0) is 12.0 Å². The number of aliphatic hydroxyl groups is 1. The fourth-order valence-corrected chi connectivity index (χ4v) is 3.38. The van der Waals surface area contributed by atoms with Gasteiger partial charge < -0.3 is 10.4 Å². The summed E-state index contributed by atoms with van der Waals surface area (Å²) < 4.78 is 4.09. The van der Waals surface area contributed by atoms with E-state index in [2.05, 4.69) is 9.69 Å². The number of aromatic nitrogens is 1. The third kappa shape index (κ3) is 2.23. The van der Waals surface area contributed by atoms with Gasteiger partial charge in [0.15, 0.2) is 0 Å². The van der Waals surface area contributed by atoms with Gasteiger partial charge in [0, 0.05) is 5.38 Å². The Morgan fingerprint density at radius 2 is 2.30 bits per heavy atom. The van der Waals surface area contributed by atoms with Crippen LogP contribution in [0.15, 0.2) is 29.6 Å². The number of hydrogen-bond acceptors (Lipinski definition) is 4. The van der Waals surface area contributed by atoms with Crippen molar-refractivity contribution in [1.82, 2.24) is 9.69 Å². The molecule has 1 unspecified atom stereocenters. The first-order valence-corrected chi connectivity index (χ1v) is 7.44. The fraction of sp³-hybridized carbons (Fsp3) is 0.333. The average Bonchev–Trinajstić information content (AvgIpc) is 3.02. The molecule has 1 atom stereocenters. The van der Waals surface area contributed by atoms with Gasteiger partial charge in [0.2, 0.25) is 0 Å². The Hall–Kier alpha value is -1.72. The number of hydrogen-bond donors (Lipinski definition) is 2. The Kier molecular flexibility index (Phi) is 3.31. The highest BCUT2D eigenvalue weighted by Crippen LogP contribution is 2.36. The number of nitrogens with zero attached hydrogens (tertiary/aromatic N) is 1. The summed E-state index contributed by atoms with van der Waals surface area (Å²) in [4.78, 5) is 12.1. The smallest absolute Gasteiger partial charge is 0.254 e. The van der Waals surface area contributed by atoms with E-state index in [0.29, 0.717) is 12.0 Å². The van der Waals surface area contributed by atoms with Gasteiger partial charge in [0.25, 0.3) is 5.91 Å². The molecular formula is C15H16N2O2S. The molecule has 2 aromatic rings. The van der Waals surface area contributed by atoms with Gasteiger partial charge in [0.05, 0.1) is 17.8 Å². The van der Waals surface area contributed by atoms with E-state index in [1.807, 2.05) is 31.2 Å². The Bertz CT molecular complexity index is 653. The van der Waals surface area contributed by atoms with Gasteiger partial charge >= 0.3 is 0 Å². The zero-order chi connectivity index (χ0) is 14.2. The maximum Gasteiger partial charge on any atom is 0.254 e. The standard InChI is InChI=1S/C15H16N2O2S/c1-10-12(8-20-17-10)14(18)16-9-15(19)7-6-11-4-2-3-5-13(11)15/h2-5,8,19H,6-7,9H2,1H3,(H,16,18). The van der Waals surface area contributed by atoms with Gasteiger partial charge in [0.1, 0.15) is 5.60 Å². The molecule has 0 radical (unpaired) electrons. The monoisotopic (exact) mass is 288 g/mol. The van der Waals surface area contributed by atoms with Crippen molar-refractivity contribution in [1.29, 1.82) is 0 Å². The summed E-state index contributed by atoms with van der Waals surface area (Å²) in [7, 11) is 0. The van der Waals surface area contributed by atoms with Gasteiger partial charge in [-0.1, -0.05) is 24.3 Å². The molecule has 20 heavy (non-hydrogen) atoms. The topological polar surface area (TPSA) is 62.2 Å². The van der Waals surface area contributed by atoms with E-state index in [1.54, 1.807) is 5.38 Å². The van der Waals surface area contributed by atoms with Crippen molar-refractivity contribution in [2.24, 2.45) is 0 Å². The minimum Gasteiger partial charge on any atom is -0.383 e. The number of amides is 1. The molecule has 2 N–H and O–H groups in total. The average molecular weight is 288 g/mol. The van der Waals surface area contributed by atoms with Crippen molar-refractivity contribution in [2.45, 2.75) is 25.4 Å². The van der Waals surface area contributed by atoms with Gasteiger partial charge in [-0.3, -0.25) is 4.79 Å². The first kappa shape index (κ1) is 13.3. The highest BCUT2D eigenvalue weighted by Gasteiger charge is 2.36. The lowest BCUT2D eigenvalue weighted by Gasteiger charge is -2.24. The summed E-state index contributed by atoms with van der Waals surface area (Å²) in [6, 6.07) is 7.86. The molecule has 1 aromatic carbocycles. The molecule has 1 aromatic heterocycles. The highest BCUT2D eigenvalue weighted by atomic mass is 32.1. The zero-order valence-electron chi connectivity index (χ0n) is 11.2. The molecule has 1 amide bonds. The fourth-order valence-electron chi connectivity index (χ4n) is 2.68. The first-order chi connectivity index (χ1) is 9.60. The van der Waals surface area contributed by atoms with Crippen molar-refractivity contribution in [2.75, 3.05) is 6.54 Å². The number of aryl methyl sites for hydroxylation is 2. The summed E-state index contributed by atoms with van der Waals surface area (Å²) in [5, 5.41) is 15.3. The highest BCUT2D eigenvalue weighted by molar-refractivity contribution is 7.03. The lowest BCUT2D eigenvalue weighted by molar-refractivity contribution is 0.0369. The maximum atomic E-state index is 12.1. The minimum absolute atomic E-state index is 0.172. The van der Waals surface area contributed by atoms with E-state index >= 15 is 0 Å². The van der Waals surface area contributed by atoms with Crippen LogP contribution >= 0.6 is 11.5 Å². The molecule has 3 rings (SSSR count). The normalized spacial score (nSPS) is 20.7. The number of benzene rings is 1. The third-order valence-corrected chi connectivity index (χ3v) is 4.58. The van der Waals surface area contributed by atoms with Crippen molar-refractivity contribution < 1.29 is 9.90 Å². The largest absolute Gasteiger partial charge is 0.383 e. The van der Waals surface area contributed by atoms with Crippen LogP contribution in [0.2, 0.25) is 0 Å². The van der Waals surface area contributed by atoms with Gasteiger partial charge in [-0.05, 0) is 42.4 Å². The van der Waals surface area contributed by atoms with E-state index in [4.69, 9.17) is 0 Å². The maximum absolute atomic E-state index is 12.1. The zero-order valence-corrected chi connectivity index (χ0v) is 12.0. The van der Waals surface area contributed by atoms with E-state index in [1.165, 1.54) is 11.5 Å². The molecule has 1 aliphatic rings. The lowest BCUT2D eigenvalue weighted by Crippen LogP contribution is -2.39. The number of nitrogens with one attached hydrogen (secondary N) is 1. The number of fused-ring (bicyclic) bond motifs is 1. The van der Waals surface area contributed by atoms with Crippen LogP contribution in [0.5, 0.6) is 0 Å². The molecule has 0 saturated carbocycles. The molecule has 0 aliphatic heterocycles. The van der Waals surface area contributed by atoms with E-state index in [0.717, 1.165) is 23.2 Å². The second kappa shape index (κ2) is 5.00. The number of rotatable bonds is 3. The lowest BCUT2D eigenvalue weighted by atomic mass is 9.96. The predicted octanol–water partition coefficient (Wildman–Crippen LogP) is 2.02. The van der Waals surface area contributed by atoms with Crippen LogP contribution in [0.25, 0.3) is 0 Å². The van der Waals surface area contributed by atoms with Crippen LogP contribution in [0, 0.1) is 6.92 Å². The summed E-state index contributed by atoms with van der Waals surface area (Å²) in [5.74, 6) is -0.172. The molecule has 0 saturated heterocycles. The molecule has 104 valence electrons. The van der Waals surface area contributed by atoms with Crippen LogP contribution in [-0.4, -0.2) is 21.9 Å². The second-order valence-electron chi connectivity index (χ2n) is 5.19. The van der Waals surface area contributed by atoms with Crippen LogP contribution < -0.4 is 5.32 Å². The van der Waals surface area contributed by atoms with Crippen molar-refractivity contribution in [3.8, 4) is 0 Å². The van der Waals surface area contributed by atoms with Crippen molar-refractivity contribution in [3.05, 3.63) is 52.0 Å². The summed E-state index contributed by atoms with van der Waals surface area (Å²) in [6.45, 7) is 2.04. The van der Waals surface area contributed by atoms with Crippen molar-refractivity contribution in [3.63, 3.8) is 0 Å². The van der Waals surface area contributed by atoms with Crippen molar-refractivity contribution >= 4 is 17.4 Å². The van der Waals surface area contributed by atoms with Gasteiger partial charge in [-0.15, -0.1) is 0 Å². The van der Waals surface area contributed by atoms with E-state index in [-0.39, 0.29) is 12.5 Å². The molecule has 1 aliphatic carbocycles. The summed E-state index contributed by atoms with van der Waals surface area (Å²) in [6.07, 6.45) is 1.50. The summed E-state index contributed by atoms with van der Waals surface area (Å²) >= 11 is 1.27. The number of carbonyl (C=O) groups excluding carboxylic acids is 1. The Morgan fingerprint density at radius 1 is 1.50 bits per heavy atom. The quantitative estimate of drug-likeness (QED) is 0.908. The molecule has 0 fully saturated rings. The molecule has 5 heteroatoms. The van der Waals surface area contributed by atoms with Crippen LogP contribution in [0.1, 0.15) is 33.6 Å². The Morgan fingerprint density at radius 3 is 3.05 bits per heavy atom. The molecule has 0 bridgehead atoms. The van der Waals surface area contributed by atoms with Crippen LogP contribution in [0.4, 0.5) is 0 Å². The molecule has 1 heterocycles. The minimum atomic E-state index is -0.955. The molecular weight excluding hydrogens is 272 g/mol. The molecule has 0 spiro atoms. The van der Waals surface area contributed by atoms with E-state index in [9.17, 15) is 9.90 Å². The second-order valence-corrected chi connectivity index (χ2v) is 5.81.